The van der Waals surface area contributed by atoms with E-state index >= 15 is 0 Å². The fourth-order valence-corrected chi connectivity index (χ4v) is 3.11. The smallest absolute Gasteiger partial charge is 0.317 e. The van der Waals surface area contributed by atoms with E-state index in [0.29, 0.717) is 19.6 Å². The summed E-state index contributed by atoms with van der Waals surface area (Å²) in [5.74, 6) is 0.242. The Bertz CT molecular complexity index is 546. The van der Waals surface area contributed by atoms with E-state index < -0.39 is 0 Å². The molecule has 3 amide bonds. The molecule has 0 radical (unpaired) electrons. The molecule has 6 nitrogen and oxygen atoms in total. The number of urea groups is 1. The van der Waals surface area contributed by atoms with Gasteiger partial charge in [-0.3, -0.25) is 9.78 Å². The highest BCUT2D eigenvalue weighted by Crippen LogP contribution is 2.34. The Labute approximate surface area is 124 Å². The largest absolute Gasteiger partial charge is 0.336 e. The highest BCUT2D eigenvalue weighted by atomic mass is 16.2. The molecule has 0 saturated carbocycles. The minimum Gasteiger partial charge on any atom is -0.336 e. The molecule has 0 bridgehead atoms. The van der Waals surface area contributed by atoms with Crippen molar-refractivity contribution in [2.45, 2.75) is 19.9 Å². The normalized spacial score (nSPS) is 24.6. The third-order valence-electron chi connectivity index (χ3n) is 4.10. The standard InChI is InChI=1S/C15H20N4O2/c1-10(2)17-15(21)18-7-11-8-19(14(20)13(11)9-18)12-4-3-5-16-6-12/h3-6,10-11,13H,7-9H2,1-2H3,(H,17,21)/t11-,13-/m1/s1. The lowest BCUT2D eigenvalue weighted by Crippen LogP contribution is -2.43. The molecule has 2 saturated heterocycles. The highest BCUT2D eigenvalue weighted by Gasteiger charge is 2.47. The molecule has 2 aliphatic rings. The third kappa shape index (κ3) is 2.57. The number of likely N-dealkylation sites (tertiary alicyclic amines) is 1. The van der Waals surface area contributed by atoms with Gasteiger partial charge in [0.25, 0.3) is 0 Å². The van der Waals surface area contributed by atoms with E-state index in [9.17, 15) is 9.59 Å². The molecule has 1 aromatic heterocycles. The molecule has 1 aromatic rings. The molecule has 21 heavy (non-hydrogen) atoms. The molecule has 0 spiro atoms. The average molecular weight is 288 g/mol. The van der Waals surface area contributed by atoms with E-state index in [0.717, 1.165) is 5.69 Å². The first-order valence-corrected chi connectivity index (χ1v) is 7.33. The van der Waals surface area contributed by atoms with Crippen LogP contribution in [0.25, 0.3) is 0 Å². The van der Waals surface area contributed by atoms with Crippen LogP contribution in [0.2, 0.25) is 0 Å². The first kappa shape index (κ1) is 13.9. The van der Waals surface area contributed by atoms with E-state index in [1.54, 1.807) is 22.2 Å². The maximum absolute atomic E-state index is 12.5. The minimum absolute atomic E-state index is 0.0693. The van der Waals surface area contributed by atoms with Gasteiger partial charge in [0, 0.05) is 37.8 Å². The maximum Gasteiger partial charge on any atom is 0.317 e. The van der Waals surface area contributed by atoms with Gasteiger partial charge in [-0.1, -0.05) is 0 Å². The maximum atomic E-state index is 12.5. The van der Waals surface area contributed by atoms with Crippen LogP contribution in [0.5, 0.6) is 0 Å². The van der Waals surface area contributed by atoms with Crippen molar-refractivity contribution in [2.24, 2.45) is 11.8 Å². The van der Waals surface area contributed by atoms with Crippen molar-refractivity contribution in [1.82, 2.24) is 15.2 Å². The van der Waals surface area contributed by atoms with Crippen LogP contribution in [0.3, 0.4) is 0 Å². The number of nitrogens with one attached hydrogen (secondary N) is 1. The fourth-order valence-electron chi connectivity index (χ4n) is 3.11. The number of nitrogens with zero attached hydrogens (tertiary/aromatic N) is 3. The van der Waals surface area contributed by atoms with Gasteiger partial charge in [-0.05, 0) is 26.0 Å². The average Bonchev–Trinajstić information content (AvgIpc) is 2.99. The zero-order valence-corrected chi connectivity index (χ0v) is 12.3. The van der Waals surface area contributed by atoms with Crippen LogP contribution in [0.4, 0.5) is 10.5 Å². The van der Waals surface area contributed by atoms with Gasteiger partial charge in [0.05, 0.1) is 17.8 Å². The molecule has 2 fully saturated rings. The first-order valence-electron chi connectivity index (χ1n) is 7.33. The van der Waals surface area contributed by atoms with Crippen molar-refractivity contribution in [3.8, 4) is 0 Å². The highest BCUT2D eigenvalue weighted by molar-refractivity contribution is 5.98. The van der Waals surface area contributed by atoms with Crippen molar-refractivity contribution in [1.29, 1.82) is 0 Å². The zero-order chi connectivity index (χ0) is 15.0. The summed E-state index contributed by atoms with van der Waals surface area (Å²) in [7, 11) is 0. The Morgan fingerprint density at radius 3 is 2.81 bits per heavy atom. The molecule has 112 valence electrons. The fraction of sp³-hybridized carbons (Fsp3) is 0.533. The van der Waals surface area contributed by atoms with Gasteiger partial charge in [0.15, 0.2) is 0 Å². The quantitative estimate of drug-likeness (QED) is 0.886. The number of fused-ring (bicyclic) bond motifs is 1. The van der Waals surface area contributed by atoms with E-state index in [2.05, 4.69) is 10.3 Å². The number of carbonyl (C=O) groups excluding carboxylic acids is 2. The second-order valence-electron chi connectivity index (χ2n) is 6.04. The molecule has 6 heteroatoms. The van der Waals surface area contributed by atoms with Gasteiger partial charge >= 0.3 is 6.03 Å². The van der Waals surface area contributed by atoms with E-state index in [-0.39, 0.29) is 29.8 Å². The molecule has 0 aliphatic carbocycles. The predicted molar refractivity (Wildman–Crippen MR) is 78.8 cm³/mol. The van der Waals surface area contributed by atoms with Crippen molar-refractivity contribution >= 4 is 17.6 Å². The Hall–Kier alpha value is -2.11. The molecule has 3 heterocycles. The minimum atomic E-state index is -0.0804. The van der Waals surface area contributed by atoms with Crippen molar-refractivity contribution in [2.75, 3.05) is 24.5 Å². The summed E-state index contributed by atoms with van der Waals surface area (Å²) in [5.41, 5.74) is 0.843. The molecular weight excluding hydrogens is 268 g/mol. The van der Waals surface area contributed by atoms with Crippen molar-refractivity contribution in [3.63, 3.8) is 0 Å². The Balaban J connectivity index is 1.67. The van der Waals surface area contributed by atoms with Gasteiger partial charge in [-0.15, -0.1) is 0 Å². The molecule has 2 aliphatic heterocycles. The molecule has 2 atom stereocenters. The van der Waals surface area contributed by atoms with Gasteiger partial charge in [0.2, 0.25) is 5.91 Å². The van der Waals surface area contributed by atoms with Crippen LogP contribution in [-0.2, 0) is 4.79 Å². The van der Waals surface area contributed by atoms with Crippen LogP contribution in [-0.4, -0.2) is 47.5 Å². The Kier molecular flexibility index (Phi) is 3.53. The van der Waals surface area contributed by atoms with Crippen LogP contribution < -0.4 is 10.2 Å². The number of rotatable bonds is 2. The summed E-state index contributed by atoms with van der Waals surface area (Å²) in [6.45, 7) is 5.69. The van der Waals surface area contributed by atoms with Crippen LogP contribution in [0.1, 0.15) is 13.8 Å². The summed E-state index contributed by atoms with van der Waals surface area (Å²) in [4.78, 5) is 32.2. The van der Waals surface area contributed by atoms with E-state index in [1.165, 1.54) is 0 Å². The number of pyridine rings is 1. The monoisotopic (exact) mass is 288 g/mol. The lowest BCUT2D eigenvalue weighted by atomic mass is 10.0. The Morgan fingerprint density at radius 2 is 2.19 bits per heavy atom. The molecule has 3 rings (SSSR count). The van der Waals surface area contributed by atoms with Crippen molar-refractivity contribution in [3.05, 3.63) is 24.5 Å². The zero-order valence-electron chi connectivity index (χ0n) is 12.3. The summed E-state index contributed by atoms with van der Waals surface area (Å²) < 4.78 is 0. The number of amides is 3. The molecule has 0 unspecified atom stereocenters. The van der Waals surface area contributed by atoms with Crippen LogP contribution in [0, 0.1) is 11.8 Å². The topological polar surface area (TPSA) is 65.5 Å². The van der Waals surface area contributed by atoms with E-state index in [4.69, 9.17) is 0 Å². The lowest BCUT2D eigenvalue weighted by Gasteiger charge is -2.22. The third-order valence-corrected chi connectivity index (χ3v) is 4.10. The number of carbonyl (C=O) groups is 2. The van der Waals surface area contributed by atoms with Crippen LogP contribution in [0.15, 0.2) is 24.5 Å². The summed E-state index contributed by atoms with van der Waals surface area (Å²) in [6, 6.07) is 3.77. The second-order valence-corrected chi connectivity index (χ2v) is 6.04. The summed E-state index contributed by atoms with van der Waals surface area (Å²) in [6.07, 6.45) is 3.41. The van der Waals surface area contributed by atoms with E-state index in [1.807, 2.05) is 26.0 Å². The predicted octanol–water partition coefficient (Wildman–Crippen LogP) is 1.09. The summed E-state index contributed by atoms with van der Waals surface area (Å²) >= 11 is 0. The number of hydrogen-bond donors (Lipinski definition) is 1. The SMILES string of the molecule is CC(C)NC(=O)N1C[C@@H]2CN(c3cccnc3)C(=O)[C@@H]2C1. The lowest BCUT2D eigenvalue weighted by molar-refractivity contribution is -0.120. The van der Waals surface area contributed by atoms with Gasteiger partial charge in [-0.2, -0.15) is 0 Å². The molecule has 1 N–H and O–H groups in total. The molecule has 0 aromatic carbocycles. The second kappa shape index (κ2) is 5.35. The number of aromatic nitrogens is 1. The number of anilines is 1. The molecular formula is C15H20N4O2. The van der Waals surface area contributed by atoms with Crippen LogP contribution >= 0.6 is 0 Å². The summed E-state index contributed by atoms with van der Waals surface area (Å²) in [5, 5.41) is 2.88. The van der Waals surface area contributed by atoms with Gasteiger partial charge in [-0.25, -0.2) is 4.79 Å². The van der Waals surface area contributed by atoms with Crippen molar-refractivity contribution < 1.29 is 9.59 Å². The van der Waals surface area contributed by atoms with Gasteiger partial charge in [0.1, 0.15) is 0 Å². The first-order chi connectivity index (χ1) is 10.1. The van der Waals surface area contributed by atoms with Gasteiger partial charge < -0.3 is 15.1 Å². The Morgan fingerprint density at radius 1 is 1.38 bits per heavy atom. The number of hydrogen-bond acceptors (Lipinski definition) is 3.